The molecule has 0 amide bonds. The van der Waals surface area contributed by atoms with Crippen LogP contribution in [0.5, 0.6) is 0 Å². The fourth-order valence-electron chi connectivity index (χ4n) is 4.00. The maximum Gasteiger partial charge on any atom is 0.191 e. The van der Waals surface area contributed by atoms with Crippen LogP contribution in [0.25, 0.3) is 10.9 Å². The number of fused-ring (bicyclic) bond motifs is 1. The van der Waals surface area contributed by atoms with Gasteiger partial charge in [-0.1, -0.05) is 18.2 Å². The quantitative estimate of drug-likeness (QED) is 0.401. The zero-order valence-electron chi connectivity index (χ0n) is 17.8. The van der Waals surface area contributed by atoms with Crippen LogP contribution in [0.2, 0.25) is 0 Å². The van der Waals surface area contributed by atoms with Crippen LogP contribution < -0.4 is 10.6 Å². The lowest BCUT2D eigenvalue weighted by Gasteiger charge is -2.34. The van der Waals surface area contributed by atoms with Crippen LogP contribution in [0, 0.1) is 6.92 Å². The molecule has 2 aromatic heterocycles. The summed E-state index contributed by atoms with van der Waals surface area (Å²) in [6.45, 7) is 7.38. The number of para-hydroxylation sites is 1. The Balaban J connectivity index is 1.33. The maximum atomic E-state index is 5.56. The highest BCUT2D eigenvalue weighted by Crippen LogP contribution is 2.27. The predicted molar refractivity (Wildman–Crippen MR) is 126 cm³/mol. The summed E-state index contributed by atoms with van der Waals surface area (Å²) in [5.74, 6) is 0.848. The van der Waals surface area contributed by atoms with Gasteiger partial charge in [-0.3, -0.25) is 9.89 Å². The van der Waals surface area contributed by atoms with E-state index in [1.807, 2.05) is 18.4 Å². The maximum absolute atomic E-state index is 5.56. The molecule has 3 N–H and O–H groups in total. The van der Waals surface area contributed by atoms with Crippen molar-refractivity contribution < 1.29 is 4.74 Å². The summed E-state index contributed by atoms with van der Waals surface area (Å²) in [6.07, 6.45) is 3.05. The van der Waals surface area contributed by atoms with Gasteiger partial charge in [-0.05, 0) is 37.1 Å². The number of nitrogens with zero attached hydrogens (tertiary/aromatic N) is 2. The van der Waals surface area contributed by atoms with Gasteiger partial charge in [0, 0.05) is 60.1 Å². The highest BCUT2D eigenvalue weighted by atomic mass is 32.1. The minimum Gasteiger partial charge on any atom is -0.379 e. The van der Waals surface area contributed by atoms with Crippen molar-refractivity contribution in [3.05, 3.63) is 57.9 Å². The topological polar surface area (TPSA) is 64.7 Å². The van der Waals surface area contributed by atoms with Gasteiger partial charge < -0.3 is 20.4 Å². The van der Waals surface area contributed by atoms with Crippen molar-refractivity contribution in [2.45, 2.75) is 19.4 Å². The number of hydrogen-bond donors (Lipinski definition) is 3. The number of nitrogens with one attached hydrogen (secondary N) is 3. The van der Waals surface area contributed by atoms with E-state index in [9.17, 15) is 0 Å². The van der Waals surface area contributed by atoms with Crippen LogP contribution in [0.3, 0.4) is 0 Å². The monoisotopic (exact) mass is 425 g/mol. The third kappa shape index (κ3) is 5.03. The highest BCUT2D eigenvalue weighted by Gasteiger charge is 2.24. The number of guanidine groups is 1. The number of aromatic amines is 1. The van der Waals surface area contributed by atoms with E-state index in [4.69, 9.17) is 4.74 Å². The molecule has 30 heavy (non-hydrogen) atoms. The van der Waals surface area contributed by atoms with Crippen molar-refractivity contribution in [1.29, 1.82) is 0 Å². The van der Waals surface area contributed by atoms with Crippen LogP contribution in [0.15, 0.2) is 47.6 Å². The molecular weight excluding hydrogens is 394 g/mol. The van der Waals surface area contributed by atoms with Gasteiger partial charge in [-0.15, -0.1) is 11.3 Å². The average Bonchev–Trinajstić information content (AvgIpc) is 3.40. The fraction of sp³-hybridized carbons (Fsp3) is 0.435. The Morgan fingerprint density at radius 1 is 1.20 bits per heavy atom. The predicted octanol–water partition coefficient (Wildman–Crippen LogP) is 3.32. The van der Waals surface area contributed by atoms with Crippen LogP contribution in [0.4, 0.5) is 0 Å². The molecule has 1 fully saturated rings. The summed E-state index contributed by atoms with van der Waals surface area (Å²) in [5.41, 5.74) is 2.52. The second kappa shape index (κ2) is 10.1. The summed E-state index contributed by atoms with van der Waals surface area (Å²) >= 11 is 1.88. The van der Waals surface area contributed by atoms with Gasteiger partial charge in [0.05, 0.1) is 19.3 Å². The highest BCUT2D eigenvalue weighted by molar-refractivity contribution is 7.12. The van der Waals surface area contributed by atoms with E-state index >= 15 is 0 Å². The molecular formula is C23H31N5OS. The van der Waals surface area contributed by atoms with Gasteiger partial charge in [0.2, 0.25) is 0 Å². The third-order valence-corrected chi connectivity index (χ3v) is 6.73. The zero-order valence-corrected chi connectivity index (χ0v) is 18.6. The van der Waals surface area contributed by atoms with Crippen molar-refractivity contribution in [1.82, 2.24) is 20.5 Å². The van der Waals surface area contributed by atoms with Gasteiger partial charge in [-0.2, -0.15) is 0 Å². The Morgan fingerprint density at radius 3 is 2.80 bits per heavy atom. The molecule has 0 spiro atoms. The first-order chi connectivity index (χ1) is 14.7. The van der Waals surface area contributed by atoms with E-state index in [1.165, 1.54) is 26.2 Å². The molecule has 1 atom stereocenters. The van der Waals surface area contributed by atoms with Crippen LogP contribution >= 0.6 is 11.3 Å². The van der Waals surface area contributed by atoms with Crippen molar-refractivity contribution in [2.75, 3.05) is 46.4 Å². The Bertz CT molecular complexity index is 973. The van der Waals surface area contributed by atoms with E-state index in [2.05, 4.69) is 75.0 Å². The Labute approximate surface area is 182 Å². The normalized spacial score (nSPS) is 16.7. The molecule has 1 saturated heterocycles. The molecule has 3 heterocycles. The molecule has 0 aliphatic carbocycles. The number of hydrogen-bond acceptors (Lipinski definition) is 4. The van der Waals surface area contributed by atoms with Gasteiger partial charge in [-0.25, -0.2) is 0 Å². The molecule has 0 bridgehead atoms. The molecule has 160 valence electrons. The van der Waals surface area contributed by atoms with Crippen molar-refractivity contribution in [3.63, 3.8) is 0 Å². The molecule has 1 unspecified atom stereocenters. The summed E-state index contributed by atoms with van der Waals surface area (Å²) in [7, 11) is 1.83. The average molecular weight is 426 g/mol. The summed E-state index contributed by atoms with van der Waals surface area (Å²) in [5, 5.41) is 8.31. The Kier molecular flexibility index (Phi) is 7.04. The SMILES string of the molecule is CN=C(NCCc1c[nH]c2ccccc12)NCC(c1ccc(C)s1)N1CCOCC1. The van der Waals surface area contributed by atoms with Crippen LogP contribution in [0.1, 0.15) is 21.4 Å². The molecule has 7 heteroatoms. The third-order valence-electron chi connectivity index (χ3n) is 5.62. The number of thiophene rings is 1. The molecule has 0 radical (unpaired) electrons. The number of aryl methyl sites for hydroxylation is 1. The molecule has 4 rings (SSSR count). The fourth-order valence-corrected chi connectivity index (χ4v) is 5.01. The van der Waals surface area contributed by atoms with Crippen LogP contribution in [-0.4, -0.2) is 62.3 Å². The van der Waals surface area contributed by atoms with Gasteiger partial charge in [0.25, 0.3) is 0 Å². The van der Waals surface area contributed by atoms with Gasteiger partial charge in [0.15, 0.2) is 5.96 Å². The minimum atomic E-state index is 0.333. The van der Waals surface area contributed by atoms with Gasteiger partial charge in [0.1, 0.15) is 0 Å². The second-order valence-electron chi connectivity index (χ2n) is 7.60. The molecule has 6 nitrogen and oxygen atoms in total. The number of rotatable bonds is 7. The molecule has 1 aliphatic rings. The molecule has 0 saturated carbocycles. The minimum absolute atomic E-state index is 0.333. The smallest absolute Gasteiger partial charge is 0.191 e. The lowest BCUT2D eigenvalue weighted by molar-refractivity contribution is 0.0177. The van der Waals surface area contributed by atoms with Crippen molar-refractivity contribution >= 4 is 28.2 Å². The lowest BCUT2D eigenvalue weighted by Crippen LogP contribution is -2.46. The second-order valence-corrected chi connectivity index (χ2v) is 8.92. The van der Waals surface area contributed by atoms with Crippen LogP contribution in [-0.2, 0) is 11.2 Å². The number of morpholine rings is 1. The Hall–Kier alpha value is -2.35. The number of aliphatic imine (C=N–C) groups is 1. The molecule has 1 aromatic carbocycles. The Morgan fingerprint density at radius 2 is 2.03 bits per heavy atom. The van der Waals surface area contributed by atoms with E-state index in [-0.39, 0.29) is 0 Å². The first-order valence-corrected chi connectivity index (χ1v) is 11.4. The largest absolute Gasteiger partial charge is 0.379 e. The lowest BCUT2D eigenvalue weighted by atomic mass is 10.1. The van der Waals surface area contributed by atoms with E-state index in [0.717, 1.165) is 51.8 Å². The van der Waals surface area contributed by atoms with Crippen molar-refractivity contribution in [3.8, 4) is 0 Å². The first kappa shape index (κ1) is 20.9. The number of aromatic nitrogens is 1. The first-order valence-electron chi connectivity index (χ1n) is 10.6. The van der Waals surface area contributed by atoms with E-state index in [0.29, 0.717) is 6.04 Å². The summed E-state index contributed by atoms with van der Waals surface area (Å²) in [6, 6.07) is 13.2. The van der Waals surface area contributed by atoms with Crippen molar-refractivity contribution in [2.24, 2.45) is 4.99 Å². The number of benzene rings is 1. The summed E-state index contributed by atoms with van der Waals surface area (Å²) < 4.78 is 5.56. The summed E-state index contributed by atoms with van der Waals surface area (Å²) in [4.78, 5) is 13.0. The molecule has 1 aliphatic heterocycles. The van der Waals surface area contributed by atoms with E-state index in [1.54, 1.807) is 0 Å². The zero-order chi connectivity index (χ0) is 20.8. The van der Waals surface area contributed by atoms with E-state index < -0.39 is 0 Å². The number of ether oxygens (including phenoxy) is 1. The number of H-pyrrole nitrogens is 1. The molecule has 3 aromatic rings. The standard InChI is InChI=1S/C23H31N5OS/c1-17-7-8-22(30-17)21(28-11-13-29-14-12-28)16-27-23(24-2)25-10-9-18-15-26-20-6-4-3-5-19(18)20/h3-8,15,21,26H,9-14,16H2,1-2H3,(H2,24,25,27). The van der Waals surface area contributed by atoms with Gasteiger partial charge >= 0.3 is 0 Å².